The Morgan fingerprint density at radius 3 is 2.68 bits per heavy atom. The van der Waals surface area contributed by atoms with Crippen LogP contribution in [-0.4, -0.2) is 14.6 Å². The van der Waals surface area contributed by atoms with Crippen molar-refractivity contribution >= 4 is 52.1 Å². The third-order valence-corrected chi connectivity index (χ3v) is 4.05. The molecule has 0 amide bonds. The molecule has 0 radical (unpaired) electrons. The molecule has 0 fully saturated rings. The van der Waals surface area contributed by atoms with Crippen molar-refractivity contribution in [2.45, 2.75) is 9.71 Å². The van der Waals surface area contributed by atoms with Crippen LogP contribution in [0.4, 0.5) is 5.69 Å². The van der Waals surface area contributed by atoms with Crippen molar-refractivity contribution in [1.29, 1.82) is 0 Å². The second-order valence-corrected chi connectivity index (χ2v) is 6.20. The van der Waals surface area contributed by atoms with Gasteiger partial charge in [0.05, 0.1) is 5.38 Å². The molecule has 1 aliphatic rings. The number of allylic oxidation sites excluding steroid dienone is 3. The summed E-state index contributed by atoms with van der Waals surface area (Å²) in [6.45, 7) is 0. The van der Waals surface area contributed by atoms with Crippen molar-refractivity contribution in [1.82, 2.24) is 0 Å². The van der Waals surface area contributed by atoms with Gasteiger partial charge in [-0.15, -0.1) is 11.6 Å². The number of hydrogen-bond donors (Lipinski definition) is 0. The van der Waals surface area contributed by atoms with Gasteiger partial charge in [-0.1, -0.05) is 45.7 Å². The molecule has 0 saturated carbocycles. The number of hydrogen-bond acceptors (Lipinski definition) is 2. The Labute approximate surface area is 130 Å². The minimum atomic E-state index is -1.22. The van der Waals surface area contributed by atoms with E-state index in [9.17, 15) is 5.21 Å². The second kappa shape index (κ2) is 5.71. The second-order valence-electron chi connectivity index (χ2n) is 3.85. The number of nitrogens with zero attached hydrogens (tertiary/aromatic N) is 2. The number of halogens is 4. The van der Waals surface area contributed by atoms with Crippen molar-refractivity contribution in [3.63, 3.8) is 0 Å². The summed E-state index contributed by atoms with van der Waals surface area (Å²) >= 11 is 23.6. The van der Waals surface area contributed by atoms with E-state index in [4.69, 9.17) is 46.4 Å². The molecule has 0 bridgehead atoms. The van der Waals surface area contributed by atoms with Crippen molar-refractivity contribution in [3.05, 3.63) is 58.4 Å². The maximum atomic E-state index is 11.9. The van der Waals surface area contributed by atoms with Crippen LogP contribution in [0.2, 0.25) is 5.02 Å². The Bertz CT molecular complexity index is 581. The van der Waals surface area contributed by atoms with Crippen molar-refractivity contribution < 1.29 is 4.86 Å². The first-order valence-corrected chi connectivity index (χ1v) is 6.83. The average Bonchev–Trinajstić information content (AvgIpc) is 2.32. The molecule has 1 atom stereocenters. The number of azo groups is 1. The normalized spacial score (nSPS) is 22.2. The summed E-state index contributed by atoms with van der Waals surface area (Å²) in [4.78, 5) is 0.445. The van der Waals surface area contributed by atoms with Crippen LogP contribution in [0.1, 0.15) is 0 Å². The van der Waals surface area contributed by atoms with E-state index in [-0.39, 0.29) is 5.70 Å². The third kappa shape index (κ3) is 3.63. The Morgan fingerprint density at radius 2 is 2.05 bits per heavy atom. The summed E-state index contributed by atoms with van der Waals surface area (Å²) in [7, 11) is 0. The van der Waals surface area contributed by atoms with Crippen LogP contribution in [0.15, 0.2) is 53.3 Å². The Balaban J connectivity index is 2.26. The smallest absolute Gasteiger partial charge is 0.242 e. The van der Waals surface area contributed by atoms with E-state index in [1.54, 1.807) is 24.3 Å². The molecule has 100 valence electrons. The molecule has 1 aliphatic carbocycles. The largest absolute Gasteiger partial charge is 0.594 e. The zero-order valence-electron chi connectivity index (χ0n) is 9.43. The van der Waals surface area contributed by atoms with E-state index in [1.807, 2.05) is 0 Å². The first-order valence-electron chi connectivity index (χ1n) is 5.26. The minimum absolute atomic E-state index is 0.261. The maximum absolute atomic E-state index is 11.9. The van der Waals surface area contributed by atoms with Crippen molar-refractivity contribution in [3.8, 4) is 0 Å². The van der Waals surface area contributed by atoms with Gasteiger partial charge in [0.2, 0.25) is 5.70 Å². The summed E-state index contributed by atoms with van der Waals surface area (Å²) in [5, 5.41) is 15.5. The van der Waals surface area contributed by atoms with Crippen LogP contribution in [0, 0.1) is 5.21 Å². The highest BCUT2D eigenvalue weighted by Crippen LogP contribution is 2.36. The van der Waals surface area contributed by atoms with Gasteiger partial charge >= 0.3 is 0 Å². The Kier molecular flexibility index (Phi) is 4.41. The third-order valence-electron chi connectivity index (χ3n) is 2.40. The molecule has 0 saturated heterocycles. The van der Waals surface area contributed by atoms with E-state index < -0.39 is 9.71 Å². The van der Waals surface area contributed by atoms with Gasteiger partial charge in [0.25, 0.3) is 0 Å². The fourth-order valence-corrected chi connectivity index (χ4v) is 2.07. The molecule has 19 heavy (non-hydrogen) atoms. The molecule has 0 N–H and O–H groups in total. The van der Waals surface area contributed by atoms with Crippen LogP contribution < -0.4 is 0 Å². The van der Waals surface area contributed by atoms with Crippen LogP contribution >= 0.6 is 46.4 Å². The Hall–Kier alpha value is -0.740. The molecular weight excluding hydrogens is 330 g/mol. The van der Waals surface area contributed by atoms with Crippen LogP contribution in [0.3, 0.4) is 0 Å². The molecule has 1 aromatic rings. The van der Waals surface area contributed by atoms with E-state index in [1.165, 1.54) is 18.2 Å². The van der Waals surface area contributed by atoms with Gasteiger partial charge in [-0.25, -0.2) is 0 Å². The van der Waals surface area contributed by atoms with Gasteiger partial charge in [0.1, 0.15) is 5.69 Å². The van der Waals surface area contributed by atoms with Crippen LogP contribution in [0.25, 0.3) is 0 Å². The number of hydroxylamine groups is 1. The highest BCUT2D eigenvalue weighted by Gasteiger charge is 2.34. The molecular formula is C12H8Cl4N2O. The predicted octanol–water partition coefficient (Wildman–Crippen LogP) is 5.17. The highest BCUT2D eigenvalue weighted by molar-refractivity contribution is 6.54. The summed E-state index contributed by atoms with van der Waals surface area (Å²) < 4.78 is -1.22. The molecule has 2 rings (SSSR count). The van der Waals surface area contributed by atoms with Crippen molar-refractivity contribution in [2.75, 3.05) is 0 Å². The predicted molar refractivity (Wildman–Crippen MR) is 78.5 cm³/mol. The monoisotopic (exact) mass is 336 g/mol. The maximum Gasteiger partial charge on any atom is 0.242 e. The first-order chi connectivity index (χ1) is 8.88. The molecule has 3 nitrogen and oxygen atoms in total. The van der Waals surface area contributed by atoms with Crippen molar-refractivity contribution in [2.24, 2.45) is 5.11 Å². The molecule has 1 aromatic carbocycles. The SMILES string of the molecule is [O-][N+](=Nc1cccc(Cl)c1)C1=CC(Cl)C(Cl)(Cl)C=C1. The van der Waals surface area contributed by atoms with Gasteiger partial charge in [0.15, 0.2) is 4.33 Å². The summed E-state index contributed by atoms with van der Waals surface area (Å²) in [5.41, 5.74) is 0.702. The number of rotatable bonds is 2. The van der Waals surface area contributed by atoms with Crippen LogP contribution in [0.5, 0.6) is 0 Å². The van der Waals surface area contributed by atoms with E-state index in [0.29, 0.717) is 15.6 Å². The van der Waals surface area contributed by atoms with Gasteiger partial charge in [-0.05, 0) is 24.3 Å². The summed E-state index contributed by atoms with van der Waals surface area (Å²) in [6.07, 6.45) is 4.37. The highest BCUT2D eigenvalue weighted by atomic mass is 35.5. The van der Waals surface area contributed by atoms with E-state index in [0.717, 1.165) is 0 Å². The van der Waals surface area contributed by atoms with Gasteiger partial charge < -0.3 is 5.21 Å². The van der Waals surface area contributed by atoms with Crippen LogP contribution in [-0.2, 0) is 0 Å². The number of alkyl halides is 3. The molecule has 7 heteroatoms. The Morgan fingerprint density at radius 1 is 1.32 bits per heavy atom. The lowest BCUT2D eigenvalue weighted by Gasteiger charge is -2.21. The standard InChI is InChI=1S/C12H8Cl4N2O/c13-8-2-1-3-9(6-8)17-18(19)10-4-5-12(15,16)11(14)7-10/h1-7,11H. The lowest BCUT2D eigenvalue weighted by Crippen LogP contribution is -2.26. The minimum Gasteiger partial charge on any atom is -0.594 e. The zero-order valence-corrected chi connectivity index (χ0v) is 12.5. The summed E-state index contributed by atoms with van der Waals surface area (Å²) in [6, 6.07) is 6.63. The molecule has 1 unspecified atom stereocenters. The molecule has 0 aliphatic heterocycles. The first kappa shape index (κ1) is 14.7. The van der Waals surface area contributed by atoms with Gasteiger partial charge in [0, 0.05) is 22.3 Å². The quantitative estimate of drug-likeness (QED) is 0.317. The zero-order chi connectivity index (χ0) is 14.0. The van der Waals surface area contributed by atoms with E-state index in [2.05, 4.69) is 5.11 Å². The van der Waals surface area contributed by atoms with Gasteiger partial charge in [-0.3, -0.25) is 0 Å². The number of benzene rings is 1. The lowest BCUT2D eigenvalue weighted by atomic mass is 10.1. The van der Waals surface area contributed by atoms with E-state index >= 15 is 0 Å². The topological polar surface area (TPSA) is 38.4 Å². The fraction of sp³-hybridized carbons (Fsp3) is 0.167. The molecule has 0 heterocycles. The molecule has 0 aromatic heterocycles. The average molecular weight is 338 g/mol. The lowest BCUT2D eigenvalue weighted by molar-refractivity contribution is -0.467. The van der Waals surface area contributed by atoms with Gasteiger partial charge in [-0.2, -0.15) is 0 Å². The molecule has 0 spiro atoms. The summed E-state index contributed by atoms with van der Waals surface area (Å²) in [5.74, 6) is 0. The fourth-order valence-electron chi connectivity index (χ4n) is 1.43.